The van der Waals surface area contributed by atoms with Crippen molar-refractivity contribution in [2.24, 2.45) is 0 Å². The Morgan fingerprint density at radius 1 is 0.846 bits per heavy atom. The summed E-state index contributed by atoms with van der Waals surface area (Å²) in [5.41, 5.74) is 1.07. The van der Waals surface area contributed by atoms with Crippen LogP contribution in [0, 0.1) is 0 Å². The molecule has 26 heavy (non-hydrogen) atoms. The van der Waals surface area contributed by atoms with Crippen molar-refractivity contribution in [3.8, 4) is 28.7 Å². The molecule has 7 heteroatoms. The molecule has 2 aromatic rings. The molecule has 0 aliphatic carbocycles. The predicted octanol–water partition coefficient (Wildman–Crippen LogP) is 2.51. The van der Waals surface area contributed by atoms with Crippen LogP contribution in [0.2, 0.25) is 0 Å². The van der Waals surface area contributed by atoms with E-state index >= 15 is 0 Å². The van der Waals surface area contributed by atoms with Crippen LogP contribution in [0.1, 0.15) is 18.1 Å². The molecule has 2 rings (SSSR count). The Balaban J connectivity index is 3.17. The molecule has 0 spiro atoms. The molecule has 0 radical (unpaired) electrons. The van der Waals surface area contributed by atoms with E-state index < -0.39 is 0 Å². The standard InChI is InChI=1S/C19H24O7/c1-10(21)7-12-17(24-4)15-14(19(26-6)18(12)25-5)13(22-2)8-11(9-20)16(15)23-3/h8,20H,7,9H2,1-6H3. The maximum atomic E-state index is 11.8. The van der Waals surface area contributed by atoms with Gasteiger partial charge in [-0.1, -0.05) is 0 Å². The lowest BCUT2D eigenvalue weighted by Gasteiger charge is -2.23. The van der Waals surface area contributed by atoms with Crippen LogP contribution >= 0.6 is 0 Å². The monoisotopic (exact) mass is 364 g/mol. The molecule has 0 atom stereocenters. The summed E-state index contributed by atoms with van der Waals surface area (Å²) < 4.78 is 27.8. The highest BCUT2D eigenvalue weighted by atomic mass is 16.5. The molecule has 1 N–H and O–H groups in total. The van der Waals surface area contributed by atoms with E-state index in [0.29, 0.717) is 50.6 Å². The van der Waals surface area contributed by atoms with E-state index in [1.54, 1.807) is 6.07 Å². The van der Waals surface area contributed by atoms with Gasteiger partial charge in [-0.05, 0) is 13.0 Å². The first-order valence-corrected chi connectivity index (χ1v) is 7.97. The molecule has 0 fully saturated rings. The van der Waals surface area contributed by atoms with Crippen LogP contribution in [0.3, 0.4) is 0 Å². The van der Waals surface area contributed by atoms with Crippen molar-refractivity contribution in [1.29, 1.82) is 0 Å². The maximum Gasteiger partial charge on any atom is 0.173 e. The number of aliphatic hydroxyl groups is 1. The topological polar surface area (TPSA) is 83.5 Å². The molecule has 2 aromatic carbocycles. The first kappa shape index (κ1) is 19.7. The fourth-order valence-corrected chi connectivity index (χ4v) is 3.20. The third-order valence-corrected chi connectivity index (χ3v) is 4.16. The zero-order valence-electron chi connectivity index (χ0n) is 15.9. The summed E-state index contributed by atoms with van der Waals surface area (Å²) in [5, 5.41) is 10.9. The van der Waals surface area contributed by atoms with Gasteiger partial charge in [-0.15, -0.1) is 0 Å². The molecular formula is C19H24O7. The normalized spacial score (nSPS) is 10.6. The summed E-state index contributed by atoms with van der Waals surface area (Å²) in [6.07, 6.45) is 0.0907. The van der Waals surface area contributed by atoms with Gasteiger partial charge in [-0.3, -0.25) is 4.79 Å². The van der Waals surface area contributed by atoms with E-state index in [2.05, 4.69) is 0 Å². The number of fused-ring (bicyclic) bond motifs is 1. The van der Waals surface area contributed by atoms with Crippen LogP contribution in [0.15, 0.2) is 6.07 Å². The van der Waals surface area contributed by atoms with Gasteiger partial charge in [-0.25, -0.2) is 0 Å². The zero-order valence-corrected chi connectivity index (χ0v) is 15.9. The first-order valence-electron chi connectivity index (χ1n) is 7.97. The predicted molar refractivity (Wildman–Crippen MR) is 97.0 cm³/mol. The molecular weight excluding hydrogens is 340 g/mol. The number of methoxy groups -OCH3 is 5. The molecule has 7 nitrogen and oxygen atoms in total. The smallest absolute Gasteiger partial charge is 0.173 e. The number of hydrogen-bond acceptors (Lipinski definition) is 7. The zero-order chi connectivity index (χ0) is 19.4. The average molecular weight is 364 g/mol. The number of Topliss-reactive ketones (excluding diaryl/α,β-unsaturated/α-hetero) is 1. The van der Waals surface area contributed by atoms with Crippen molar-refractivity contribution in [1.82, 2.24) is 0 Å². The van der Waals surface area contributed by atoms with Crippen LogP contribution < -0.4 is 23.7 Å². The number of carbonyl (C=O) groups is 1. The average Bonchev–Trinajstić information content (AvgIpc) is 2.64. The Kier molecular flexibility index (Phi) is 6.15. The maximum absolute atomic E-state index is 11.8. The molecule has 0 heterocycles. The minimum Gasteiger partial charge on any atom is -0.496 e. The van der Waals surface area contributed by atoms with Crippen molar-refractivity contribution in [2.75, 3.05) is 35.5 Å². The second kappa shape index (κ2) is 8.14. The fourth-order valence-electron chi connectivity index (χ4n) is 3.20. The third kappa shape index (κ3) is 3.10. The first-order chi connectivity index (χ1) is 12.5. The quantitative estimate of drug-likeness (QED) is 0.770. The summed E-state index contributed by atoms with van der Waals surface area (Å²) in [6, 6.07) is 1.67. The highest BCUT2D eigenvalue weighted by Gasteiger charge is 2.28. The number of carbonyl (C=O) groups excluding carboxylic acids is 1. The summed E-state index contributed by atoms with van der Waals surface area (Å²) in [7, 11) is 7.53. The Labute approximate surface area is 152 Å². The van der Waals surface area contributed by atoms with Gasteiger partial charge in [0.2, 0.25) is 0 Å². The second-order valence-corrected chi connectivity index (χ2v) is 5.64. The van der Waals surface area contributed by atoms with Gasteiger partial charge in [-0.2, -0.15) is 0 Å². The molecule has 0 aliphatic rings. The van der Waals surface area contributed by atoms with Gasteiger partial charge < -0.3 is 28.8 Å². The van der Waals surface area contributed by atoms with E-state index in [4.69, 9.17) is 23.7 Å². The number of rotatable bonds is 8. The second-order valence-electron chi connectivity index (χ2n) is 5.64. The molecule has 0 unspecified atom stereocenters. The lowest BCUT2D eigenvalue weighted by atomic mass is 9.95. The van der Waals surface area contributed by atoms with Gasteiger partial charge in [0, 0.05) is 17.5 Å². The largest absolute Gasteiger partial charge is 0.496 e. The SMILES string of the molecule is COc1c(CC(C)=O)c(OC)c2c(OC)c(CO)cc(OC)c2c1OC. The summed E-state index contributed by atoms with van der Waals surface area (Å²) in [4.78, 5) is 11.8. The van der Waals surface area contributed by atoms with Crippen molar-refractivity contribution in [2.45, 2.75) is 20.0 Å². The van der Waals surface area contributed by atoms with Crippen molar-refractivity contribution in [3.05, 3.63) is 17.2 Å². The van der Waals surface area contributed by atoms with Gasteiger partial charge in [0.25, 0.3) is 0 Å². The van der Waals surface area contributed by atoms with E-state index in [1.165, 1.54) is 42.5 Å². The number of benzene rings is 2. The Morgan fingerprint density at radius 3 is 1.85 bits per heavy atom. The van der Waals surface area contributed by atoms with Crippen molar-refractivity contribution < 1.29 is 33.6 Å². The van der Waals surface area contributed by atoms with Crippen LogP contribution in [0.5, 0.6) is 28.7 Å². The van der Waals surface area contributed by atoms with Gasteiger partial charge >= 0.3 is 0 Å². The molecule has 0 aliphatic heterocycles. The van der Waals surface area contributed by atoms with Crippen molar-refractivity contribution in [3.63, 3.8) is 0 Å². The Morgan fingerprint density at radius 2 is 1.42 bits per heavy atom. The highest BCUT2D eigenvalue weighted by molar-refractivity contribution is 6.06. The number of ketones is 1. The van der Waals surface area contributed by atoms with E-state index in [-0.39, 0.29) is 18.8 Å². The summed E-state index contributed by atoms with van der Waals surface area (Å²) in [5.74, 6) is 2.03. The lowest BCUT2D eigenvalue weighted by molar-refractivity contribution is -0.116. The number of hydrogen-bond donors (Lipinski definition) is 1. The molecule has 0 amide bonds. The molecule has 0 saturated heterocycles. The lowest BCUT2D eigenvalue weighted by Crippen LogP contribution is -2.07. The van der Waals surface area contributed by atoms with E-state index in [1.807, 2.05) is 0 Å². The molecule has 142 valence electrons. The van der Waals surface area contributed by atoms with E-state index in [9.17, 15) is 9.90 Å². The minimum atomic E-state index is -0.255. The van der Waals surface area contributed by atoms with Crippen LogP contribution in [0.25, 0.3) is 10.8 Å². The summed E-state index contributed by atoms with van der Waals surface area (Å²) in [6.45, 7) is 1.23. The number of ether oxygens (including phenoxy) is 5. The van der Waals surface area contributed by atoms with Gasteiger partial charge in [0.1, 0.15) is 23.0 Å². The molecule has 0 saturated carbocycles. The van der Waals surface area contributed by atoms with Gasteiger partial charge in [0.05, 0.1) is 52.9 Å². The minimum absolute atomic E-state index is 0.0627. The van der Waals surface area contributed by atoms with Crippen LogP contribution in [-0.4, -0.2) is 46.4 Å². The Hall–Kier alpha value is -2.67. The van der Waals surface area contributed by atoms with Crippen molar-refractivity contribution >= 4 is 16.6 Å². The molecule has 0 aromatic heterocycles. The number of aliphatic hydroxyl groups excluding tert-OH is 1. The summed E-state index contributed by atoms with van der Waals surface area (Å²) >= 11 is 0. The van der Waals surface area contributed by atoms with E-state index in [0.717, 1.165) is 0 Å². The molecule has 0 bridgehead atoms. The highest BCUT2D eigenvalue weighted by Crippen LogP contribution is 2.53. The fraction of sp³-hybridized carbons (Fsp3) is 0.421. The van der Waals surface area contributed by atoms with Gasteiger partial charge in [0.15, 0.2) is 11.5 Å². The van der Waals surface area contributed by atoms with Crippen LogP contribution in [-0.2, 0) is 17.8 Å². The Bertz CT molecular complexity index is 827. The third-order valence-electron chi connectivity index (χ3n) is 4.16. The van der Waals surface area contributed by atoms with Crippen LogP contribution in [0.4, 0.5) is 0 Å².